The maximum Gasteiger partial charge on any atom is 0.254 e. The van der Waals surface area contributed by atoms with E-state index < -0.39 is 0 Å². The highest BCUT2D eigenvalue weighted by atomic mass is 32.1. The van der Waals surface area contributed by atoms with Crippen molar-refractivity contribution in [2.24, 2.45) is 7.05 Å². The number of piperazine rings is 1. The summed E-state index contributed by atoms with van der Waals surface area (Å²) in [6.45, 7) is 4.91. The lowest BCUT2D eigenvalue weighted by atomic mass is 10.1. The molecule has 4 heterocycles. The van der Waals surface area contributed by atoms with Crippen LogP contribution in [0.3, 0.4) is 0 Å². The van der Waals surface area contributed by atoms with Crippen LogP contribution in [0.5, 0.6) is 0 Å². The van der Waals surface area contributed by atoms with Crippen molar-refractivity contribution in [3.05, 3.63) is 47.3 Å². The summed E-state index contributed by atoms with van der Waals surface area (Å²) in [7, 11) is 1.91. The SMILES string of the molecule is Cc1nn(C)c2nc(C3CC3)cc(C(=O)N3CCN(c4nsc5ccccc45)CC3)c12. The van der Waals surface area contributed by atoms with E-state index in [9.17, 15) is 4.79 Å². The standard InChI is InChI=1S/C23H24N6OS/c1-14-20-17(13-18(15-7-8-15)24-22(20)27(2)25-14)23(30)29-11-9-28(10-12-29)21-16-5-3-4-6-19(16)31-26-21/h3-6,13,15H,7-12H2,1-2H3. The molecule has 0 spiro atoms. The molecule has 2 fully saturated rings. The summed E-state index contributed by atoms with van der Waals surface area (Å²) < 4.78 is 7.69. The number of fused-ring (bicyclic) bond motifs is 2. The van der Waals surface area contributed by atoms with E-state index in [0.29, 0.717) is 19.0 Å². The van der Waals surface area contributed by atoms with Crippen LogP contribution in [0.15, 0.2) is 30.3 Å². The van der Waals surface area contributed by atoms with Gasteiger partial charge in [-0.05, 0) is 49.5 Å². The first kappa shape index (κ1) is 18.7. The number of rotatable bonds is 3. The predicted octanol–water partition coefficient (Wildman–Crippen LogP) is 3.73. The molecule has 0 N–H and O–H groups in total. The van der Waals surface area contributed by atoms with Crippen molar-refractivity contribution in [2.45, 2.75) is 25.7 Å². The van der Waals surface area contributed by atoms with Crippen molar-refractivity contribution in [3.63, 3.8) is 0 Å². The maximum atomic E-state index is 13.6. The fourth-order valence-corrected chi connectivity index (χ4v) is 5.41. The molecular weight excluding hydrogens is 408 g/mol. The summed E-state index contributed by atoms with van der Waals surface area (Å²) in [6, 6.07) is 10.4. The Morgan fingerprint density at radius 2 is 1.90 bits per heavy atom. The van der Waals surface area contributed by atoms with Gasteiger partial charge in [0.05, 0.1) is 21.3 Å². The third-order valence-corrected chi connectivity index (χ3v) is 7.26. The molecule has 0 bridgehead atoms. The van der Waals surface area contributed by atoms with Crippen LogP contribution in [0.2, 0.25) is 0 Å². The minimum atomic E-state index is 0.0909. The highest BCUT2D eigenvalue weighted by Gasteiger charge is 2.31. The number of hydrogen-bond donors (Lipinski definition) is 0. The Hall–Kier alpha value is -3.00. The van der Waals surface area contributed by atoms with Crippen molar-refractivity contribution in [3.8, 4) is 0 Å². The number of pyridine rings is 1. The third kappa shape index (κ3) is 3.08. The highest BCUT2D eigenvalue weighted by Crippen LogP contribution is 2.40. The van der Waals surface area contributed by atoms with Crippen molar-refractivity contribution in [1.29, 1.82) is 0 Å². The Balaban J connectivity index is 1.28. The summed E-state index contributed by atoms with van der Waals surface area (Å²) in [4.78, 5) is 22.7. The fraction of sp³-hybridized carbons (Fsp3) is 0.391. The molecule has 158 valence electrons. The molecule has 1 aromatic carbocycles. The highest BCUT2D eigenvalue weighted by molar-refractivity contribution is 7.13. The molecule has 1 saturated carbocycles. The van der Waals surface area contributed by atoms with E-state index in [1.807, 2.05) is 31.0 Å². The van der Waals surface area contributed by atoms with Crippen molar-refractivity contribution >= 4 is 44.4 Å². The van der Waals surface area contributed by atoms with Gasteiger partial charge in [0.1, 0.15) is 5.82 Å². The molecular formula is C23H24N6OS. The van der Waals surface area contributed by atoms with Crippen molar-refractivity contribution in [2.75, 3.05) is 31.1 Å². The van der Waals surface area contributed by atoms with E-state index >= 15 is 0 Å². The topological polar surface area (TPSA) is 67.2 Å². The molecule has 7 nitrogen and oxygen atoms in total. The predicted molar refractivity (Wildman–Crippen MR) is 123 cm³/mol. The van der Waals surface area contributed by atoms with Crippen molar-refractivity contribution < 1.29 is 4.79 Å². The Morgan fingerprint density at radius 3 is 2.68 bits per heavy atom. The second-order valence-corrected chi connectivity index (χ2v) is 9.36. The smallest absolute Gasteiger partial charge is 0.254 e. The molecule has 1 amide bonds. The fourth-order valence-electron chi connectivity index (χ4n) is 4.61. The first-order chi connectivity index (χ1) is 15.1. The summed E-state index contributed by atoms with van der Waals surface area (Å²) in [6.07, 6.45) is 2.31. The number of benzene rings is 1. The summed E-state index contributed by atoms with van der Waals surface area (Å²) in [5.74, 6) is 1.62. The molecule has 0 radical (unpaired) electrons. The van der Waals surface area contributed by atoms with Crippen LogP contribution in [-0.4, -0.2) is 56.1 Å². The lowest BCUT2D eigenvalue weighted by Gasteiger charge is -2.35. The molecule has 8 heteroatoms. The van der Waals surface area contributed by atoms with E-state index in [1.54, 1.807) is 4.68 Å². The number of nitrogens with zero attached hydrogens (tertiary/aromatic N) is 6. The minimum absolute atomic E-state index is 0.0909. The summed E-state index contributed by atoms with van der Waals surface area (Å²) in [5, 5.41) is 6.63. The molecule has 1 saturated heterocycles. The van der Waals surface area contributed by atoms with Gasteiger partial charge in [-0.1, -0.05) is 12.1 Å². The van der Waals surface area contributed by atoms with Crippen LogP contribution in [0.25, 0.3) is 21.1 Å². The Bertz CT molecular complexity index is 1310. The second kappa shape index (κ2) is 7.02. The van der Waals surface area contributed by atoms with Gasteiger partial charge in [0.25, 0.3) is 5.91 Å². The van der Waals surface area contributed by atoms with Crippen LogP contribution >= 0.6 is 11.5 Å². The van der Waals surface area contributed by atoms with Gasteiger partial charge in [0, 0.05) is 50.2 Å². The van der Waals surface area contributed by atoms with Crippen LogP contribution in [0.4, 0.5) is 5.82 Å². The number of aromatic nitrogens is 4. The van der Waals surface area contributed by atoms with Crippen molar-refractivity contribution in [1.82, 2.24) is 24.0 Å². The monoisotopic (exact) mass is 432 g/mol. The Morgan fingerprint density at radius 1 is 1.13 bits per heavy atom. The lowest BCUT2D eigenvalue weighted by molar-refractivity contribution is 0.0748. The zero-order valence-corrected chi connectivity index (χ0v) is 18.5. The van der Waals surface area contributed by atoms with Gasteiger partial charge in [-0.25, -0.2) is 4.98 Å². The molecule has 1 aliphatic heterocycles. The first-order valence-electron chi connectivity index (χ1n) is 10.8. The molecule has 0 unspecified atom stereocenters. The Labute approximate surface area is 184 Å². The number of carbonyl (C=O) groups excluding carboxylic acids is 1. The van der Waals surface area contributed by atoms with E-state index in [0.717, 1.165) is 59.7 Å². The molecule has 31 heavy (non-hydrogen) atoms. The number of anilines is 1. The van der Waals surface area contributed by atoms with Crippen LogP contribution < -0.4 is 4.90 Å². The molecule has 4 aromatic rings. The molecule has 3 aromatic heterocycles. The van der Waals surface area contributed by atoms with Gasteiger partial charge >= 0.3 is 0 Å². The van der Waals surface area contributed by atoms with Gasteiger partial charge in [0.15, 0.2) is 5.65 Å². The van der Waals surface area contributed by atoms with Gasteiger partial charge in [-0.15, -0.1) is 0 Å². The maximum absolute atomic E-state index is 13.6. The van der Waals surface area contributed by atoms with E-state index in [-0.39, 0.29) is 5.91 Å². The van der Waals surface area contributed by atoms with E-state index in [1.165, 1.54) is 21.6 Å². The minimum Gasteiger partial charge on any atom is -0.352 e. The zero-order chi connectivity index (χ0) is 21.1. The second-order valence-electron chi connectivity index (χ2n) is 8.56. The van der Waals surface area contributed by atoms with Gasteiger partial charge in [0.2, 0.25) is 0 Å². The Kier molecular flexibility index (Phi) is 4.24. The quantitative estimate of drug-likeness (QED) is 0.494. The van der Waals surface area contributed by atoms with Crippen LogP contribution in [0, 0.1) is 6.92 Å². The lowest BCUT2D eigenvalue weighted by Crippen LogP contribution is -2.49. The summed E-state index contributed by atoms with van der Waals surface area (Å²) in [5.41, 5.74) is 3.47. The zero-order valence-electron chi connectivity index (χ0n) is 17.7. The number of amides is 1. The normalized spacial score (nSPS) is 17.1. The number of aryl methyl sites for hydroxylation is 2. The molecule has 6 rings (SSSR count). The number of carbonyl (C=O) groups is 1. The van der Waals surface area contributed by atoms with E-state index in [2.05, 4.69) is 32.6 Å². The third-order valence-electron chi connectivity index (χ3n) is 6.44. The average Bonchev–Trinajstić information content (AvgIpc) is 3.50. The molecule has 0 atom stereocenters. The largest absolute Gasteiger partial charge is 0.352 e. The number of hydrogen-bond acceptors (Lipinski definition) is 6. The summed E-state index contributed by atoms with van der Waals surface area (Å²) >= 11 is 1.54. The van der Waals surface area contributed by atoms with Gasteiger partial charge in [-0.3, -0.25) is 9.48 Å². The average molecular weight is 433 g/mol. The van der Waals surface area contributed by atoms with Crippen LogP contribution in [0.1, 0.15) is 40.5 Å². The molecule has 1 aliphatic carbocycles. The van der Waals surface area contributed by atoms with E-state index in [4.69, 9.17) is 4.98 Å². The van der Waals surface area contributed by atoms with Crippen LogP contribution in [-0.2, 0) is 7.05 Å². The van der Waals surface area contributed by atoms with Gasteiger partial charge in [-0.2, -0.15) is 9.47 Å². The first-order valence-corrected chi connectivity index (χ1v) is 11.6. The van der Waals surface area contributed by atoms with Gasteiger partial charge < -0.3 is 9.80 Å². The molecule has 2 aliphatic rings.